The summed E-state index contributed by atoms with van der Waals surface area (Å²) in [6, 6.07) is -0.342. The highest BCUT2D eigenvalue weighted by molar-refractivity contribution is 7.53. The van der Waals surface area contributed by atoms with Gasteiger partial charge < -0.3 is 34.9 Å². The number of fused-ring (bicyclic) bond motifs is 1. The van der Waals surface area contributed by atoms with Crippen molar-refractivity contribution in [3.8, 4) is 0 Å². The van der Waals surface area contributed by atoms with Crippen LogP contribution in [0.1, 0.15) is 122 Å². The number of aromatic amines is 2. The lowest BCUT2D eigenvalue weighted by Gasteiger charge is -2.21. The van der Waals surface area contributed by atoms with Crippen LogP contribution in [-0.4, -0.2) is 65.3 Å². The van der Waals surface area contributed by atoms with Crippen LogP contribution in [0.4, 0.5) is 5.95 Å². The lowest BCUT2D eigenvalue weighted by Crippen LogP contribution is -2.33. The number of unbranched alkanes of at least 4 members (excludes halogenated alkanes) is 13. The van der Waals surface area contributed by atoms with E-state index in [0.717, 1.165) is 18.6 Å². The Morgan fingerprint density at radius 3 is 2.14 bits per heavy atom. The second-order valence-corrected chi connectivity index (χ2v) is 13.9. The van der Waals surface area contributed by atoms with Crippen LogP contribution in [-0.2, 0) is 24.9 Å². The number of hydrogen-bond acceptors (Lipinski definition) is 9. The van der Waals surface area contributed by atoms with Gasteiger partial charge in [-0.3, -0.25) is 14.3 Å². The van der Waals surface area contributed by atoms with Gasteiger partial charge in [-0.25, -0.2) is 4.98 Å². The molecule has 1 unspecified atom stereocenters. The van der Waals surface area contributed by atoms with E-state index in [1.54, 1.807) is 13.1 Å². The van der Waals surface area contributed by atoms with Crippen LogP contribution in [0.2, 0.25) is 0 Å². The van der Waals surface area contributed by atoms with Crippen molar-refractivity contribution in [2.75, 3.05) is 44.9 Å². The first-order valence-corrected chi connectivity index (χ1v) is 18.8. The Balaban J connectivity index is 1.51. The van der Waals surface area contributed by atoms with E-state index in [-0.39, 0.29) is 36.9 Å². The SMILES string of the molecule is CCCCCCCCCCCCCCCCOCCCOP(=O)(CC[C@@H](CO)NCc1c[nH]c2c(=O)[nH]c(N)nc12)OCC. The minimum Gasteiger partial charge on any atom is -0.395 e. The summed E-state index contributed by atoms with van der Waals surface area (Å²) in [5.74, 6) is 0.0390. The van der Waals surface area contributed by atoms with Crippen molar-refractivity contribution >= 4 is 24.6 Å². The van der Waals surface area contributed by atoms with Crippen molar-refractivity contribution in [3.05, 3.63) is 22.1 Å². The third-order valence-electron chi connectivity index (χ3n) is 7.87. The van der Waals surface area contributed by atoms with Gasteiger partial charge in [-0.2, -0.15) is 0 Å². The maximum Gasteiger partial charge on any atom is 0.330 e. The van der Waals surface area contributed by atoms with Crippen LogP contribution in [0.15, 0.2) is 11.0 Å². The molecule has 2 aromatic heterocycles. The molecular formula is C32H60N5O6P. The van der Waals surface area contributed by atoms with Gasteiger partial charge in [0.25, 0.3) is 5.56 Å². The summed E-state index contributed by atoms with van der Waals surface area (Å²) < 4.78 is 30.2. The number of anilines is 1. The summed E-state index contributed by atoms with van der Waals surface area (Å²) in [4.78, 5) is 21.6. The monoisotopic (exact) mass is 641 g/mol. The summed E-state index contributed by atoms with van der Waals surface area (Å²) in [6.45, 7) is 6.14. The predicted octanol–water partition coefficient (Wildman–Crippen LogP) is 6.81. The number of aliphatic hydroxyl groups excluding tert-OH is 1. The summed E-state index contributed by atoms with van der Waals surface area (Å²) in [7, 11) is -3.30. The van der Waals surface area contributed by atoms with Gasteiger partial charge in [-0.05, 0) is 26.2 Å². The molecule has 2 rings (SSSR count). The topological polar surface area (TPSA) is 165 Å². The van der Waals surface area contributed by atoms with Crippen LogP contribution in [0.3, 0.4) is 0 Å². The average molecular weight is 642 g/mol. The first-order chi connectivity index (χ1) is 21.4. The molecule has 0 bridgehead atoms. The van der Waals surface area contributed by atoms with E-state index in [2.05, 4.69) is 27.2 Å². The maximum absolute atomic E-state index is 13.2. The number of rotatable bonds is 29. The fraction of sp³-hybridized carbons (Fsp3) is 0.812. The Kier molecular flexibility index (Phi) is 20.6. The fourth-order valence-corrected chi connectivity index (χ4v) is 7.04. The van der Waals surface area contributed by atoms with Gasteiger partial charge in [0.2, 0.25) is 5.95 Å². The zero-order chi connectivity index (χ0) is 31.9. The molecule has 0 amide bonds. The van der Waals surface area contributed by atoms with E-state index in [1.165, 1.54) is 83.5 Å². The van der Waals surface area contributed by atoms with E-state index in [1.807, 2.05) is 0 Å². The smallest absolute Gasteiger partial charge is 0.330 e. The number of nitrogens with two attached hydrogens (primary N) is 1. The summed E-state index contributed by atoms with van der Waals surface area (Å²) in [6.07, 6.45) is 21.6. The number of aliphatic hydroxyl groups is 1. The highest BCUT2D eigenvalue weighted by Gasteiger charge is 2.25. The number of nitrogens with zero attached hydrogens (tertiary/aromatic N) is 1. The molecule has 0 fully saturated rings. The molecule has 0 aliphatic heterocycles. The van der Waals surface area contributed by atoms with Crippen molar-refractivity contribution < 1.29 is 23.5 Å². The molecule has 0 aliphatic rings. The van der Waals surface area contributed by atoms with E-state index >= 15 is 0 Å². The quantitative estimate of drug-likeness (QED) is 0.0474. The third-order valence-corrected chi connectivity index (χ3v) is 9.91. The normalized spacial score (nSPS) is 13.9. The predicted molar refractivity (Wildman–Crippen MR) is 179 cm³/mol. The molecule has 0 saturated carbocycles. The lowest BCUT2D eigenvalue weighted by molar-refractivity contribution is 0.111. The van der Waals surface area contributed by atoms with Crippen molar-refractivity contribution in [1.29, 1.82) is 0 Å². The minimum absolute atomic E-state index is 0.0390. The molecule has 2 heterocycles. The van der Waals surface area contributed by atoms with Gasteiger partial charge >= 0.3 is 7.60 Å². The Hall–Kier alpha value is -1.75. The van der Waals surface area contributed by atoms with Gasteiger partial charge in [0.05, 0.1) is 26.0 Å². The molecule has 2 atom stereocenters. The number of H-pyrrole nitrogens is 2. The van der Waals surface area contributed by atoms with Crippen LogP contribution in [0.25, 0.3) is 11.0 Å². The van der Waals surface area contributed by atoms with Crippen LogP contribution < -0.4 is 16.6 Å². The molecule has 6 N–H and O–H groups in total. The Bertz CT molecular complexity index is 1110. The van der Waals surface area contributed by atoms with Crippen LogP contribution in [0.5, 0.6) is 0 Å². The standard InChI is InChI=1S/C32H60N5O6P/c1-3-5-6-7-8-9-10-11-12-13-14-15-16-17-20-41-21-18-22-43-44(40,42-4-2)23-19-28(26-38)34-24-27-25-35-30-29(27)36-32(33)37-31(30)39/h25,28,34-35,38H,3-24,26H2,1-2H3,(H3,33,36,37,39)/t28-,44?/m0/s1. The van der Waals surface area contributed by atoms with Gasteiger partial charge in [0.15, 0.2) is 0 Å². The second kappa shape index (κ2) is 23.6. The highest BCUT2D eigenvalue weighted by Crippen LogP contribution is 2.49. The molecule has 44 heavy (non-hydrogen) atoms. The van der Waals surface area contributed by atoms with Gasteiger partial charge in [0, 0.05) is 37.6 Å². The number of ether oxygens (including phenoxy) is 1. The number of nitrogen functional groups attached to an aromatic ring is 1. The Morgan fingerprint density at radius 1 is 0.909 bits per heavy atom. The highest BCUT2D eigenvalue weighted by atomic mass is 31.2. The molecule has 0 spiro atoms. The van der Waals surface area contributed by atoms with E-state index in [9.17, 15) is 14.5 Å². The molecular weight excluding hydrogens is 581 g/mol. The van der Waals surface area contributed by atoms with E-state index in [4.69, 9.17) is 19.5 Å². The second-order valence-electron chi connectivity index (χ2n) is 11.7. The summed E-state index contributed by atoms with van der Waals surface area (Å²) >= 11 is 0. The first kappa shape index (κ1) is 38.4. The van der Waals surface area contributed by atoms with Crippen LogP contribution in [0, 0.1) is 0 Å². The molecule has 12 heteroatoms. The summed E-state index contributed by atoms with van der Waals surface area (Å²) in [5, 5.41) is 13.1. The maximum atomic E-state index is 13.2. The molecule has 11 nitrogen and oxygen atoms in total. The lowest BCUT2D eigenvalue weighted by atomic mass is 10.0. The van der Waals surface area contributed by atoms with Crippen LogP contribution >= 0.6 is 7.60 Å². The molecule has 0 aliphatic carbocycles. The van der Waals surface area contributed by atoms with E-state index < -0.39 is 7.60 Å². The molecule has 2 aromatic rings. The molecule has 0 radical (unpaired) electrons. The zero-order valence-electron chi connectivity index (χ0n) is 27.4. The Labute approximate surface area is 264 Å². The number of nitrogens with one attached hydrogen (secondary N) is 3. The van der Waals surface area contributed by atoms with Crippen molar-refractivity contribution in [2.45, 2.75) is 129 Å². The molecule has 254 valence electrons. The molecule has 0 saturated heterocycles. The van der Waals surface area contributed by atoms with Crippen molar-refractivity contribution in [3.63, 3.8) is 0 Å². The van der Waals surface area contributed by atoms with Gasteiger partial charge in [-0.15, -0.1) is 0 Å². The summed E-state index contributed by atoms with van der Waals surface area (Å²) in [5.41, 5.74) is 6.90. The van der Waals surface area contributed by atoms with E-state index in [0.29, 0.717) is 43.6 Å². The largest absolute Gasteiger partial charge is 0.395 e. The Morgan fingerprint density at radius 2 is 1.52 bits per heavy atom. The van der Waals surface area contributed by atoms with Crippen molar-refractivity contribution in [1.82, 2.24) is 20.3 Å². The number of hydrogen-bond donors (Lipinski definition) is 5. The molecule has 0 aromatic carbocycles. The zero-order valence-corrected chi connectivity index (χ0v) is 28.3. The minimum atomic E-state index is -3.30. The first-order valence-electron chi connectivity index (χ1n) is 17.1. The van der Waals surface area contributed by atoms with Crippen molar-refractivity contribution in [2.24, 2.45) is 0 Å². The third kappa shape index (κ3) is 16.0. The fourth-order valence-electron chi connectivity index (χ4n) is 5.27. The number of aromatic nitrogens is 3. The van der Waals surface area contributed by atoms with Gasteiger partial charge in [-0.1, -0.05) is 90.4 Å². The van der Waals surface area contributed by atoms with Gasteiger partial charge in [0.1, 0.15) is 11.0 Å². The average Bonchev–Trinajstić information content (AvgIpc) is 3.41.